The van der Waals surface area contributed by atoms with Crippen molar-refractivity contribution in [2.24, 2.45) is 46.8 Å². The standard InChI is InChI=1S/C21H25NO2/c23-18-16-14-1-2-15(21(14)3-4-21)17(16)19(24)22(18)20-8-11-5-12(9-20)7-13(6-11)10-20/h1-2,11-17H,3-10H2. The molecule has 0 aromatic rings. The van der Waals surface area contributed by atoms with Crippen LogP contribution in [0.2, 0.25) is 0 Å². The summed E-state index contributed by atoms with van der Waals surface area (Å²) in [6.45, 7) is 0. The Balaban J connectivity index is 1.31. The van der Waals surface area contributed by atoms with Crippen LogP contribution >= 0.6 is 0 Å². The quantitative estimate of drug-likeness (QED) is 0.549. The first kappa shape index (κ1) is 13.1. The van der Waals surface area contributed by atoms with Gasteiger partial charge in [-0.15, -0.1) is 0 Å². The van der Waals surface area contributed by atoms with Crippen molar-refractivity contribution in [1.82, 2.24) is 4.90 Å². The van der Waals surface area contributed by atoms with Gasteiger partial charge in [0.25, 0.3) is 0 Å². The Kier molecular flexibility index (Phi) is 2.02. The third kappa shape index (κ3) is 1.23. The number of rotatable bonds is 1. The number of allylic oxidation sites excluding steroid dienone is 2. The highest BCUT2D eigenvalue weighted by Crippen LogP contribution is 2.74. The van der Waals surface area contributed by atoms with Gasteiger partial charge in [0, 0.05) is 0 Å². The van der Waals surface area contributed by atoms with Crippen LogP contribution in [0.5, 0.6) is 0 Å². The summed E-state index contributed by atoms with van der Waals surface area (Å²) >= 11 is 0. The molecule has 0 radical (unpaired) electrons. The average Bonchev–Trinajstić information content (AvgIpc) is 3.10. The van der Waals surface area contributed by atoms with Gasteiger partial charge in [-0.2, -0.15) is 0 Å². The van der Waals surface area contributed by atoms with E-state index < -0.39 is 0 Å². The molecule has 3 heteroatoms. The van der Waals surface area contributed by atoms with Crippen molar-refractivity contribution in [3.8, 4) is 0 Å². The predicted molar refractivity (Wildman–Crippen MR) is 87.5 cm³/mol. The second kappa shape index (κ2) is 3.68. The number of likely N-dealkylation sites (tertiary alicyclic amines) is 1. The zero-order chi connectivity index (χ0) is 15.8. The molecule has 4 atom stereocenters. The number of carbonyl (C=O) groups is 2. The summed E-state index contributed by atoms with van der Waals surface area (Å²) in [6, 6.07) is 0. The van der Waals surface area contributed by atoms with Gasteiger partial charge in [-0.3, -0.25) is 14.5 Å². The normalized spacial score (nSPS) is 57.5. The third-order valence-electron chi connectivity index (χ3n) is 9.33. The van der Waals surface area contributed by atoms with Gasteiger partial charge in [0.2, 0.25) is 11.8 Å². The summed E-state index contributed by atoms with van der Waals surface area (Å²) in [5, 5.41) is 0. The first-order chi connectivity index (χ1) is 11.6. The van der Waals surface area contributed by atoms with Gasteiger partial charge >= 0.3 is 0 Å². The van der Waals surface area contributed by atoms with E-state index in [-0.39, 0.29) is 29.2 Å². The van der Waals surface area contributed by atoms with Gasteiger partial charge in [-0.25, -0.2) is 0 Å². The van der Waals surface area contributed by atoms with Crippen molar-refractivity contribution >= 4 is 11.8 Å². The molecule has 6 bridgehead atoms. The summed E-state index contributed by atoms with van der Waals surface area (Å²) in [5.41, 5.74) is 0.248. The highest BCUT2D eigenvalue weighted by molar-refractivity contribution is 6.07. The van der Waals surface area contributed by atoms with Crippen LogP contribution in [0, 0.1) is 46.8 Å². The van der Waals surface area contributed by atoms with E-state index in [9.17, 15) is 9.59 Å². The molecule has 1 aliphatic heterocycles. The Bertz CT molecular complexity index is 648. The molecule has 1 heterocycles. The van der Waals surface area contributed by atoms with Crippen LogP contribution in [0.3, 0.4) is 0 Å². The lowest BCUT2D eigenvalue weighted by Gasteiger charge is -2.59. The Hall–Kier alpha value is -1.12. The van der Waals surface area contributed by atoms with Crippen LogP contribution in [0.4, 0.5) is 0 Å². The molecule has 24 heavy (non-hydrogen) atoms. The van der Waals surface area contributed by atoms with Crippen LogP contribution in [-0.2, 0) is 9.59 Å². The van der Waals surface area contributed by atoms with Crippen molar-refractivity contribution in [1.29, 1.82) is 0 Å². The van der Waals surface area contributed by atoms with Gasteiger partial charge < -0.3 is 0 Å². The summed E-state index contributed by atoms with van der Waals surface area (Å²) in [7, 11) is 0. The number of amides is 2. The maximum atomic E-state index is 13.5. The average molecular weight is 323 g/mol. The molecule has 7 fully saturated rings. The lowest BCUT2D eigenvalue weighted by Crippen LogP contribution is -2.62. The lowest BCUT2D eigenvalue weighted by atomic mass is 9.52. The number of hydrogen-bond donors (Lipinski definition) is 0. The molecule has 0 aromatic heterocycles. The monoisotopic (exact) mass is 323 g/mol. The molecule has 3 nitrogen and oxygen atoms in total. The summed E-state index contributed by atoms with van der Waals surface area (Å²) in [6.07, 6.45) is 14.5. The van der Waals surface area contributed by atoms with Crippen LogP contribution < -0.4 is 0 Å². The molecule has 1 spiro atoms. The maximum Gasteiger partial charge on any atom is 0.234 e. The zero-order valence-electron chi connectivity index (χ0n) is 14.1. The van der Waals surface area contributed by atoms with E-state index in [0.29, 0.717) is 17.3 Å². The van der Waals surface area contributed by atoms with Gasteiger partial charge in [-0.1, -0.05) is 12.2 Å². The third-order valence-corrected chi connectivity index (χ3v) is 9.33. The molecule has 2 amide bonds. The Morgan fingerprint density at radius 2 is 1.25 bits per heavy atom. The molecule has 4 unspecified atom stereocenters. The number of hydrogen-bond acceptors (Lipinski definition) is 2. The summed E-state index contributed by atoms with van der Waals surface area (Å²) in [4.78, 5) is 28.9. The van der Waals surface area contributed by atoms with Gasteiger partial charge in [0.05, 0.1) is 17.4 Å². The summed E-state index contributed by atoms with van der Waals surface area (Å²) in [5.74, 6) is 3.56. The van der Waals surface area contributed by atoms with Crippen LogP contribution in [0.15, 0.2) is 12.2 Å². The largest absolute Gasteiger partial charge is 0.276 e. The van der Waals surface area contributed by atoms with E-state index in [4.69, 9.17) is 0 Å². The molecule has 8 aliphatic rings. The minimum Gasteiger partial charge on any atom is -0.276 e. The minimum atomic E-state index is -0.0799. The van der Waals surface area contributed by atoms with Crippen LogP contribution in [0.1, 0.15) is 51.4 Å². The first-order valence-electron chi connectivity index (χ1n) is 10.2. The molecule has 8 rings (SSSR count). The molecule has 126 valence electrons. The van der Waals surface area contributed by atoms with Gasteiger partial charge in [0.1, 0.15) is 0 Å². The first-order valence-corrected chi connectivity index (χ1v) is 10.2. The van der Waals surface area contributed by atoms with Crippen molar-refractivity contribution in [3.05, 3.63) is 12.2 Å². The van der Waals surface area contributed by atoms with Crippen molar-refractivity contribution in [3.63, 3.8) is 0 Å². The highest BCUT2D eigenvalue weighted by Gasteiger charge is 2.75. The molecule has 6 saturated carbocycles. The smallest absolute Gasteiger partial charge is 0.234 e. The molecule has 7 aliphatic carbocycles. The van der Waals surface area contributed by atoms with E-state index in [0.717, 1.165) is 37.0 Å². The highest BCUT2D eigenvalue weighted by atomic mass is 16.2. The Morgan fingerprint density at radius 1 is 0.792 bits per heavy atom. The fourth-order valence-electron chi connectivity index (χ4n) is 8.88. The Morgan fingerprint density at radius 3 is 1.67 bits per heavy atom. The van der Waals surface area contributed by atoms with E-state index in [1.54, 1.807) is 0 Å². The molecular formula is C21H25NO2. The molecular weight excluding hydrogens is 298 g/mol. The van der Waals surface area contributed by atoms with Crippen molar-refractivity contribution < 1.29 is 9.59 Å². The topological polar surface area (TPSA) is 37.4 Å². The fraction of sp³-hybridized carbons (Fsp3) is 0.810. The maximum absolute atomic E-state index is 13.5. The van der Waals surface area contributed by atoms with Gasteiger partial charge in [-0.05, 0) is 86.4 Å². The number of nitrogens with zero attached hydrogens (tertiary/aromatic N) is 1. The van der Waals surface area contributed by atoms with E-state index >= 15 is 0 Å². The second-order valence-corrected chi connectivity index (χ2v) is 10.4. The summed E-state index contributed by atoms with van der Waals surface area (Å²) < 4.78 is 0. The molecule has 0 aromatic carbocycles. The zero-order valence-corrected chi connectivity index (χ0v) is 14.1. The fourth-order valence-corrected chi connectivity index (χ4v) is 8.88. The lowest BCUT2D eigenvalue weighted by molar-refractivity contribution is -0.160. The van der Waals surface area contributed by atoms with Crippen LogP contribution in [0.25, 0.3) is 0 Å². The second-order valence-electron chi connectivity index (χ2n) is 10.4. The molecule has 0 N–H and O–H groups in total. The van der Waals surface area contributed by atoms with Gasteiger partial charge in [0.15, 0.2) is 0 Å². The predicted octanol–water partition coefficient (Wildman–Crippen LogP) is 3.15. The van der Waals surface area contributed by atoms with Crippen LogP contribution in [-0.4, -0.2) is 22.3 Å². The Labute approximate surface area is 142 Å². The van der Waals surface area contributed by atoms with E-state index in [2.05, 4.69) is 12.2 Å². The van der Waals surface area contributed by atoms with Crippen molar-refractivity contribution in [2.45, 2.75) is 56.9 Å². The van der Waals surface area contributed by atoms with E-state index in [1.165, 1.54) is 32.1 Å². The SMILES string of the molecule is O=C1C2C(C(=O)N1C13CC4CC(CC(C4)C1)C3)C1C=CC2C12CC2. The van der Waals surface area contributed by atoms with E-state index in [1.807, 2.05) is 4.90 Å². The van der Waals surface area contributed by atoms with Crippen molar-refractivity contribution in [2.75, 3.05) is 0 Å². The number of imide groups is 1. The molecule has 1 saturated heterocycles. The number of carbonyl (C=O) groups excluding carboxylic acids is 2. The number of fused-ring (bicyclic) bond motifs is 3. The minimum absolute atomic E-state index is 0.00278.